The van der Waals surface area contributed by atoms with Crippen LogP contribution in [0.2, 0.25) is 0 Å². The van der Waals surface area contributed by atoms with Gasteiger partial charge in [0.1, 0.15) is 12.1 Å². The van der Waals surface area contributed by atoms with Crippen molar-refractivity contribution in [1.82, 2.24) is 15.1 Å². The zero-order valence-electron chi connectivity index (χ0n) is 15.7. The van der Waals surface area contributed by atoms with Gasteiger partial charge in [0, 0.05) is 13.1 Å². The second-order valence-electron chi connectivity index (χ2n) is 8.75. The summed E-state index contributed by atoms with van der Waals surface area (Å²) in [6.07, 6.45) is 11.7. The minimum absolute atomic E-state index is 0.0665. The monoisotopic (exact) mass is 361 g/mol. The molecule has 4 aliphatic rings. The molecule has 2 saturated heterocycles. The van der Waals surface area contributed by atoms with Crippen molar-refractivity contribution in [3.63, 3.8) is 0 Å². The van der Waals surface area contributed by atoms with Gasteiger partial charge in [-0.05, 0) is 37.5 Å². The summed E-state index contributed by atoms with van der Waals surface area (Å²) in [5.74, 6) is 1.13. The number of piperidine rings is 1. The van der Waals surface area contributed by atoms with Crippen molar-refractivity contribution in [2.45, 2.75) is 76.2 Å². The molecule has 0 radical (unpaired) electrons. The first-order chi connectivity index (χ1) is 12.6. The molecule has 6 heteroatoms. The summed E-state index contributed by atoms with van der Waals surface area (Å²) in [5.41, 5.74) is -0.746. The Labute approximate surface area is 155 Å². The fourth-order valence-corrected chi connectivity index (χ4v) is 5.55. The molecule has 4 amide bonds. The van der Waals surface area contributed by atoms with Crippen LogP contribution in [-0.4, -0.2) is 52.8 Å². The molecule has 2 aliphatic heterocycles. The van der Waals surface area contributed by atoms with Gasteiger partial charge in [-0.1, -0.05) is 44.9 Å². The number of amides is 4. The lowest BCUT2D eigenvalue weighted by molar-refractivity contribution is -0.141. The standard InChI is InChI=1S/C20H31N3O3/c24-17(22-12-9-15-7-3-4-8-16(15)13-22)14-23-18(25)20(21-19(23)26)10-5-1-2-6-11-20/h15-16H,1-14H2,(H,21,26). The number of imide groups is 1. The Hall–Kier alpha value is -1.59. The van der Waals surface area contributed by atoms with Crippen molar-refractivity contribution in [3.05, 3.63) is 0 Å². The van der Waals surface area contributed by atoms with E-state index in [4.69, 9.17) is 0 Å². The van der Waals surface area contributed by atoms with Crippen molar-refractivity contribution in [2.24, 2.45) is 11.8 Å². The van der Waals surface area contributed by atoms with Crippen LogP contribution in [0.4, 0.5) is 4.79 Å². The number of nitrogens with one attached hydrogen (secondary N) is 1. The summed E-state index contributed by atoms with van der Waals surface area (Å²) in [6.45, 7) is 1.48. The normalized spacial score (nSPS) is 31.5. The van der Waals surface area contributed by atoms with E-state index in [0.717, 1.165) is 51.1 Å². The molecule has 2 saturated carbocycles. The molecule has 2 heterocycles. The van der Waals surface area contributed by atoms with E-state index >= 15 is 0 Å². The molecule has 144 valence electrons. The number of nitrogens with zero attached hydrogens (tertiary/aromatic N) is 2. The van der Waals surface area contributed by atoms with Crippen LogP contribution in [0.5, 0.6) is 0 Å². The van der Waals surface area contributed by atoms with Gasteiger partial charge in [-0.3, -0.25) is 14.5 Å². The summed E-state index contributed by atoms with van der Waals surface area (Å²) in [5, 5.41) is 2.93. The maximum absolute atomic E-state index is 13.0. The third kappa shape index (κ3) is 3.23. The van der Waals surface area contributed by atoms with Crippen LogP contribution < -0.4 is 5.32 Å². The minimum Gasteiger partial charge on any atom is -0.341 e. The second kappa shape index (κ2) is 7.20. The summed E-state index contributed by atoms with van der Waals surface area (Å²) in [7, 11) is 0. The number of fused-ring (bicyclic) bond motifs is 1. The summed E-state index contributed by atoms with van der Waals surface area (Å²) >= 11 is 0. The van der Waals surface area contributed by atoms with Crippen molar-refractivity contribution >= 4 is 17.8 Å². The zero-order valence-corrected chi connectivity index (χ0v) is 15.7. The van der Waals surface area contributed by atoms with Crippen LogP contribution in [0.15, 0.2) is 0 Å². The fraction of sp³-hybridized carbons (Fsp3) is 0.850. The highest BCUT2D eigenvalue weighted by Gasteiger charge is 2.51. The lowest BCUT2D eigenvalue weighted by Crippen LogP contribution is -2.50. The SMILES string of the molecule is O=C(CN1C(=O)NC2(CCCCCC2)C1=O)N1CCC2CCCCC2C1. The number of urea groups is 1. The molecule has 0 aromatic heterocycles. The Balaban J connectivity index is 1.39. The molecule has 1 N–H and O–H groups in total. The van der Waals surface area contributed by atoms with E-state index in [2.05, 4.69) is 5.32 Å². The van der Waals surface area contributed by atoms with Crippen molar-refractivity contribution < 1.29 is 14.4 Å². The lowest BCUT2D eigenvalue weighted by Gasteiger charge is -2.41. The number of hydrogen-bond donors (Lipinski definition) is 1. The van der Waals surface area contributed by atoms with E-state index < -0.39 is 5.54 Å². The van der Waals surface area contributed by atoms with Crippen LogP contribution >= 0.6 is 0 Å². The molecule has 0 aromatic rings. The third-order valence-electron chi connectivity index (χ3n) is 7.14. The Kier molecular flexibility index (Phi) is 4.93. The maximum atomic E-state index is 13.0. The fourth-order valence-electron chi connectivity index (χ4n) is 5.55. The number of hydrogen-bond acceptors (Lipinski definition) is 3. The van der Waals surface area contributed by atoms with Gasteiger partial charge in [0.15, 0.2) is 0 Å². The van der Waals surface area contributed by atoms with Crippen LogP contribution in [0.25, 0.3) is 0 Å². The van der Waals surface area contributed by atoms with Crippen molar-refractivity contribution in [3.8, 4) is 0 Å². The first-order valence-corrected chi connectivity index (χ1v) is 10.5. The second-order valence-corrected chi connectivity index (χ2v) is 8.75. The molecular formula is C20H31N3O3. The highest BCUT2D eigenvalue weighted by molar-refractivity contribution is 6.09. The van der Waals surface area contributed by atoms with Crippen molar-refractivity contribution in [1.29, 1.82) is 0 Å². The number of carbonyl (C=O) groups excluding carboxylic acids is 3. The van der Waals surface area contributed by atoms with Crippen LogP contribution in [0.3, 0.4) is 0 Å². The average Bonchev–Trinajstić information content (AvgIpc) is 2.83. The third-order valence-corrected chi connectivity index (χ3v) is 7.14. The molecule has 1 spiro atoms. The van der Waals surface area contributed by atoms with E-state index in [0.29, 0.717) is 18.8 Å². The van der Waals surface area contributed by atoms with Gasteiger partial charge in [-0.15, -0.1) is 0 Å². The zero-order chi connectivity index (χ0) is 18.1. The summed E-state index contributed by atoms with van der Waals surface area (Å²) in [4.78, 5) is 41.3. The molecule has 2 atom stereocenters. The molecule has 0 bridgehead atoms. The van der Waals surface area contributed by atoms with Crippen LogP contribution in [-0.2, 0) is 9.59 Å². The Bertz CT molecular complexity index is 583. The molecule has 4 rings (SSSR count). The van der Waals surface area contributed by atoms with Gasteiger partial charge in [0.2, 0.25) is 5.91 Å². The molecule has 6 nitrogen and oxygen atoms in total. The molecule has 4 fully saturated rings. The first-order valence-electron chi connectivity index (χ1n) is 10.5. The van der Waals surface area contributed by atoms with Crippen LogP contribution in [0.1, 0.15) is 70.6 Å². The van der Waals surface area contributed by atoms with Gasteiger partial charge >= 0.3 is 6.03 Å². The van der Waals surface area contributed by atoms with Gasteiger partial charge in [0.25, 0.3) is 5.91 Å². The molecular weight excluding hydrogens is 330 g/mol. The van der Waals surface area contributed by atoms with E-state index in [1.807, 2.05) is 4.90 Å². The molecule has 2 aliphatic carbocycles. The Morgan fingerprint density at radius 3 is 2.38 bits per heavy atom. The highest BCUT2D eigenvalue weighted by Crippen LogP contribution is 2.36. The molecule has 26 heavy (non-hydrogen) atoms. The minimum atomic E-state index is -0.746. The van der Waals surface area contributed by atoms with E-state index in [1.54, 1.807) is 0 Å². The van der Waals surface area contributed by atoms with Gasteiger partial charge < -0.3 is 10.2 Å². The summed E-state index contributed by atoms with van der Waals surface area (Å²) in [6, 6.07) is -0.377. The molecule has 2 unspecified atom stereocenters. The van der Waals surface area contributed by atoms with E-state index in [-0.39, 0.29) is 24.4 Å². The number of carbonyl (C=O) groups is 3. The largest absolute Gasteiger partial charge is 0.341 e. The summed E-state index contributed by atoms with van der Waals surface area (Å²) < 4.78 is 0. The average molecular weight is 361 g/mol. The van der Waals surface area contributed by atoms with Gasteiger partial charge in [-0.2, -0.15) is 0 Å². The van der Waals surface area contributed by atoms with Crippen molar-refractivity contribution in [2.75, 3.05) is 19.6 Å². The van der Waals surface area contributed by atoms with Crippen LogP contribution in [0, 0.1) is 11.8 Å². The lowest BCUT2D eigenvalue weighted by atomic mass is 9.75. The van der Waals surface area contributed by atoms with E-state index in [1.165, 1.54) is 30.6 Å². The van der Waals surface area contributed by atoms with Gasteiger partial charge in [0.05, 0.1) is 0 Å². The highest BCUT2D eigenvalue weighted by atomic mass is 16.2. The first kappa shape index (κ1) is 17.8. The number of likely N-dealkylation sites (tertiary alicyclic amines) is 1. The smallest absolute Gasteiger partial charge is 0.325 e. The Morgan fingerprint density at radius 1 is 0.962 bits per heavy atom. The topological polar surface area (TPSA) is 69.7 Å². The number of rotatable bonds is 2. The predicted octanol–water partition coefficient (Wildman–Crippen LogP) is 2.67. The maximum Gasteiger partial charge on any atom is 0.325 e. The quantitative estimate of drug-likeness (QED) is 0.769. The van der Waals surface area contributed by atoms with E-state index in [9.17, 15) is 14.4 Å². The van der Waals surface area contributed by atoms with Gasteiger partial charge in [-0.25, -0.2) is 4.79 Å². The Morgan fingerprint density at radius 2 is 1.65 bits per heavy atom. The predicted molar refractivity (Wildman–Crippen MR) is 97.3 cm³/mol. The molecule has 0 aromatic carbocycles.